The third kappa shape index (κ3) is 1.95. The molecule has 0 radical (unpaired) electrons. The van der Waals surface area contributed by atoms with Crippen molar-refractivity contribution in [1.82, 2.24) is 14.5 Å². The smallest absolute Gasteiger partial charge is 0.215 e. The molecule has 21 heavy (non-hydrogen) atoms. The molecule has 3 rings (SSSR count). The molecule has 0 aliphatic carbocycles. The van der Waals surface area contributed by atoms with E-state index in [0.29, 0.717) is 5.52 Å². The van der Waals surface area contributed by atoms with Gasteiger partial charge >= 0.3 is 0 Å². The summed E-state index contributed by atoms with van der Waals surface area (Å²) in [6.45, 7) is 0. The Kier molecular flexibility index (Phi) is 2.93. The number of halogens is 3. The molecule has 0 unspecified atom stereocenters. The number of fused-ring (bicyclic) bond motifs is 1. The Morgan fingerprint density at radius 2 is 1.81 bits per heavy atom. The van der Waals surface area contributed by atoms with E-state index in [1.807, 2.05) is 0 Å². The van der Waals surface area contributed by atoms with Gasteiger partial charge in [-0.15, -0.1) is 0 Å². The average molecular weight is 294 g/mol. The summed E-state index contributed by atoms with van der Waals surface area (Å²) in [5.74, 6) is -4.09. The predicted molar refractivity (Wildman–Crippen MR) is 69.7 cm³/mol. The van der Waals surface area contributed by atoms with Crippen molar-refractivity contribution in [3.05, 3.63) is 41.7 Å². The maximum absolute atomic E-state index is 13.9. The molecule has 0 atom stereocenters. The summed E-state index contributed by atoms with van der Waals surface area (Å²) >= 11 is 0. The van der Waals surface area contributed by atoms with Crippen molar-refractivity contribution in [2.45, 2.75) is 0 Å². The zero-order valence-electron chi connectivity index (χ0n) is 10.8. The highest BCUT2D eigenvalue weighted by atomic mass is 19.2. The number of pyridine rings is 1. The van der Waals surface area contributed by atoms with E-state index in [0.717, 1.165) is 16.7 Å². The number of aromatic nitrogens is 3. The van der Waals surface area contributed by atoms with Gasteiger partial charge in [-0.1, -0.05) is 0 Å². The number of ether oxygens (including phenoxy) is 1. The standard InChI is InChI=1S/C13H9F3N4O/c1-21-9-5-3-7-12(19-9)20(13(17)18-7)8-4-2-6(14)10(15)11(8)16/h2-5H,1H3,(H2,17,18). The van der Waals surface area contributed by atoms with Gasteiger partial charge in [0.15, 0.2) is 23.1 Å². The van der Waals surface area contributed by atoms with Crippen LogP contribution >= 0.6 is 0 Å². The van der Waals surface area contributed by atoms with E-state index in [-0.39, 0.29) is 23.2 Å². The molecule has 0 saturated carbocycles. The van der Waals surface area contributed by atoms with Crippen LogP contribution in [0.3, 0.4) is 0 Å². The van der Waals surface area contributed by atoms with Gasteiger partial charge in [0.25, 0.3) is 0 Å². The molecule has 108 valence electrons. The fourth-order valence-electron chi connectivity index (χ4n) is 2.00. The van der Waals surface area contributed by atoms with Gasteiger partial charge in [0.05, 0.1) is 12.8 Å². The van der Waals surface area contributed by atoms with Crippen LogP contribution < -0.4 is 10.5 Å². The number of nitrogens with two attached hydrogens (primary N) is 1. The Bertz CT molecular complexity index is 847. The van der Waals surface area contributed by atoms with Gasteiger partial charge in [-0.3, -0.25) is 4.57 Å². The number of benzene rings is 1. The normalized spacial score (nSPS) is 11.0. The first-order chi connectivity index (χ1) is 10.0. The van der Waals surface area contributed by atoms with Gasteiger partial charge in [0, 0.05) is 6.07 Å². The van der Waals surface area contributed by atoms with E-state index < -0.39 is 17.5 Å². The minimum absolute atomic E-state index is 0.101. The maximum Gasteiger partial charge on any atom is 0.215 e. The quantitative estimate of drug-likeness (QED) is 0.737. The van der Waals surface area contributed by atoms with Crippen LogP contribution in [0.1, 0.15) is 0 Å². The van der Waals surface area contributed by atoms with Crippen LogP contribution in [-0.2, 0) is 0 Å². The molecule has 0 spiro atoms. The Labute approximate surface area is 116 Å². The van der Waals surface area contributed by atoms with Crippen LogP contribution in [0.2, 0.25) is 0 Å². The minimum atomic E-state index is -1.59. The van der Waals surface area contributed by atoms with E-state index in [2.05, 4.69) is 9.97 Å². The molecule has 2 N–H and O–H groups in total. The van der Waals surface area contributed by atoms with Crippen molar-refractivity contribution in [2.24, 2.45) is 0 Å². The second-order valence-electron chi connectivity index (χ2n) is 4.20. The molecule has 3 aromatic rings. The van der Waals surface area contributed by atoms with Gasteiger partial charge in [0.2, 0.25) is 11.8 Å². The van der Waals surface area contributed by atoms with Crippen molar-refractivity contribution >= 4 is 17.1 Å². The number of nitrogens with zero attached hydrogens (tertiary/aromatic N) is 3. The summed E-state index contributed by atoms with van der Waals surface area (Å²) in [6.07, 6.45) is 0. The maximum atomic E-state index is 13.9. The zero-order chi connectivity index (χ0) is 15.1. The summed E-state index contributed by atoms with van der Waals surface area (Å²) in [4.78, 5) is 8.10. The van der Waals surface area contributed by atoms with Crippen LogP contribution in [0.15, 0.2) is 24.3 Å². The number of methoxy groups -OCH3 is 1. The Morgan fingerprint density at radius 1 is 1.05 bits per heavy atom. The highest BCUT2D eigenvalue weighted by molar-refractivity contribution is 5.77. The molecular weight excluding hydrogens is 285 g/mol. The monoisotopic (exact) mass is 294 g/mol. The Hall–Kier alpha value is -2.77. The topological polar surface area (TPSA) is 66.0 Å². The van der Waals surface area contributed by atoms with Gasteiger partial charge in [-0.25, -0.2) is 18.2 Å². The lowest BCUT2D eigenvalue weighted by molar-refractivity contribution is 0.399. The van der Waals surface area contributed by atoms with Crippen molar-refractivity contribution < 1.29 is 17.9 Å². The minimum Gasteiger partial charge on any atom is -0.481 e. The first-order valence-corrected chi connectivity index (χ1v) is 5.85. The second-order valence-corrected chi connectivity index (χ2v) is 4.20. The van der Waals surface area contributed by atoms with Gasteiger partial charge in [0.1, 0.15) is 5.52 Å². The van der Waals surface area contributed by atoms with Crippen LogP contribution in [0.4, 0.5) is 19.1 Å². The lowest BCUT2D eigenvalue weighted by Gasteiger charge is -2.08. The molecule has 0 bridgehead atoms. The summed E-state index contributed by atoms with van der Waals surface area (Å²) in [5, 5.41) is 0. The molecule has 1 aromatic carbocycles. The van der Waals surface area contributed by atoms with Crippen molar-refractivity contribution in [2.75, 3.05) is 12.8 Å². The Balaban J connectivity index is 2.34. The number of hydrogen-bond donors (Lipinski definition) is 1. The van der Waals surface area contributed by atoms with E-state index in [4.69, 9.17) is 10.5 Å². The lowest BCUT2D eigenvalue weighted by atomic mass is 10.2. The van der Waals surface area contributed by atoms with Gasteiger partial charge in [-0.2, -0.15) is 4.98 Å². The number of rotatable bonds is 2. The highest BCUT2D eigenvalue weighted by Gasteiger charge is 2.20. The number of nitrogen functional groups attached to an aromatic ring is 1. The number of anilines is 1. The fourth-order valence-corrected chi connectivity index (χ4v) is 2.00. The molecule has 0 aliphatic heterocycles. The van der Waals surface area contributed by atoms with Crippen LogP contribution in [-0.4, -0.2) is 21.6 Å². The van der Waals surface area contributed by atoms with E-state index in [1.54, 1.807) is 12.1 Å². The number of imidazole rings is 1. The highest BCUT2D eigenvalue weighted by Crippen LogP contribution is 2.27. The zero-order valence-corrected chi connectivity index (χ0v) is 10.8. The molecular formula is C13H9F3N4O. The second kappa shape index (κ2) is 4.65. The lowest BCUT2D eigenvalue weighted by Crippen LogP contribution is -2.06. The molecule has 5 nitrogen and oxygen atoms in total. The summed E-state index contributed by atoms with van der Waals surface area (Å²) in [5.41, 5.74) is 5.99. The summed E-state index contributed by atoms with van der Waals surface area (Å²) < 4.78 is 46.4. The third-order valence-electron chi connectivity index (χ3n) is 2.97. The van der Waals surface area contributed by atoms with Crippen molar-refractivity contribution in [3.63, 3.8) is 0 Å². The first-order valence-electron chi connectivity index (χ1n) is 5.85. The molecule has 0 saturated heterocycles. The summed E-state index contributed by atoms with van der Waals surface area (Å²) in [6, 6.07) is 5.00. The van der Waals surface area contributed by atoms with Crippen LogP contribution in [0, 0.1) is 17.5 Å². The van der Waals surface area contributed by atoms with Crippen LogP contribution in [0.5, 0.6) is 5.88 Å². The van der Waals surface area contributed by atoms with Crippen LogP contribution in [0.25, 0.3) is 16.9 Å². The van der Waals surface area contributed by atoms with Gasteiger partial charge < -0.3 is 10.5 Å². The molecule has 8 heteroatoms. The molecule has 0 aliphatic rings. The van der Waals surface area contributed by atoms with E-state index >= 15 is 0 Å². The molecule has 0 amide bonds. The van der Waals surface area contributed by atoms with E-state index in [1.165, 1.54) is 7.11 Å². The fraction of sp³-hybridized carbons (Fsp3) is 0.0769. The predicted octanol–water partition coefficient (Wildman–Crippen LogP) is 2.43. The van der Waals surface area contributed by atoms with Crippen molar-refractivity contribution in [3.8, 4) is 11.6 Å². The van der Waals surface area contributed by atoms with Crippen molar-refractivity contribution in [1.29, 1.82) is 0 Å². The first kappa shape index (κ1) is 13.2. The van der Waals surface area contributed by atoms with Gasteiger partial charge in [-0.05, 0) is 18.2 Å². The molecule has 2 aromatic heterocycles. The van der Waals surface area contributed by atoms with E-state index in [9.17, 15) is 13.2 Å². The Morgan fingerprint density at radius 3 is 2.52 bits per heavy atom. The number of hydrogen-bond acceptors (Lipinski definition) is 4. The SMILES string of the molecule is COc1ccc2nc(N)n(-c3ccc(F)c(F)c3F)c2n1. The molecule has 0 fully saturated rings. The molecule has 2 heterocycles. The summed E-state index contributed by atoms with van der Waals surface area (Å²) in [7, 11) is 1.41. The third-order valence-corrected chi connectivity index (χ3v) is 2.97. The average Bonchev–Trinajstić information content (AvgIpc) is 2.80. The largest absolute Gasteiger partial charge is 0.481 e.